The van der Waals surface area contributed by atoms with E-state index >= 15 is 0 Å². The first-order valence-corrected chi connectivity index (χ1v) is 10.7. The van der Waals surface area contributed by atoms with Crippen LogP contribution in [0.25, 0.3) is 10.9 Å². The second-order valence-corrected chi connectivity index (χ2v) is 8.34. The quantitative estimate of drug-likeness (QED) is 0.711. The molecule has 2 saturated heterocycles. The van der Waals surface area contributed by atoms with Gasteiger partial charge in [0.05, 0.1) is 17.8 Å². The maximum absolute atomic E-state index is 13.7. The molecule has 2 aliphatic heterocycles. The number of aromatic nitrogens is 2. The van der Waals surface area contributed by atoms with Gasteiger partial charge in [0.25, 0.3) is 5.91 Å². The van der Waals surface area contributed by atoms with Crippen molar-refractivity contribution in [1.29, 1.82) is 0 Å². The number of hydrogen-bond acceptors (Lipinski definition) is 4. The van der Waals surface area contributed by atoms with Crippen molar-refractivity contribution in [2.24, 2.45) is 0 Å². The number of amides is 2. The zero-order chi connectivity index (χ0) is 21.4. The number of hydrogen-bond donors (Lipinski definition) is 1. The number of likely N-dealkylation sites (tertiary alicyclic amines) is 2. The highest BCUT2D eigenvalue weighted by Crippen LogP contribution is 2.40. The van der Waals surface area contributed by atoms with Crippen LogP contribution < -0.4 is 5.56 Å². The molecule has 1 unspecified atom stereocenters. The number of nitrogens with one attached hydrogen (secondary N) is 1. The molecule has 1 N–H and O–H groups in total. The SMILES string of the molecule is O=C(c1cc(=O)[nH]c2ccccc12)N1CCCC12CCCN(Cc1ccccn1)C2=O. The van der Waals surface area contributed by atoms with Gasteiger partial charge in [-0.05, 0) is 43.9 Å². The highest BCUT2D eigenvalue weighted by atomic mass is 16.2. The first-order chi connectivity index (χ1) is 15.1. The lowest BCUT2D eigenvalue weighted by Gasteiger charge is -2.44. The number of nitrogens with zero attached hydrogens (tertiary/aromatic N) is 3. The fourth-order valence-corrected chi connectivity index (χ4v) is 5.09. The van der Waals surface area contributed by atoms with Crippen molar-refractivity contribution in [3.63, 3.8) is 0 Å². The Morgan fingerprint density at radius 3 is 2.61 bits per heavy atom. The minimum absolute atomic E-state index is 0.00982. The molecule has 0 aliphatic carbocycles. The third-order valence-electron chi connectivity index (χ3n) is 6.50. The average molecular weight is 416 g/mol. The molecule has 2 fully saturated rings. The summed E-state index contributed by atoms with van der Waals surface area (Å²) in [7, 11) is 0. The predicted octanol–water partition coefficient (Wildman–Crippen LogP) is 2.72. The van der Waals surface area contributed by atoms with Crippen LogP contribution in [-0.2, 0) is 11.3 Å². The van der Waals surface area contributed by atoms with Crippen LogP contribution >= 0.6 is 0 Å². The van der Waals surface area contributed by atoms with Gasteiger partial charge in [-0.3, -0.25) is 19.4 Å². The third-order valence-corrected chi connectivity index (χ3v) is 6.50. The molecular formula is C24H24N4O3. The molecule has 7 heteroatoms. The molecular weight excluding hydrogens is 392 g/mol. The number of piperidine rings is 1. The molecule has 3 aromatic rings. The normalized spacial score (nSPS) is 21.2. The number of para-hydroxylation sites is 1. The summed E-state index contributed by atoms with van der Waals surface area (Å²) in [4.78, 5) is 50.2. The van der Waals surface area contributed by atoms with E-state index in [1.807, 2.05) is 41.3 Å². The van der Waals surface area contributed by atoms with Crippen molar-refractivity contribution in [3.05, 3.63) is 76.3 Å². The van der Waals surface area contributed by atoms with Crippen molar-refractivity contribution < 1.29 is 9.59 Å². The lowest BCUT2D eigenvalue weighted by molar-refractivity contribution is -0.146. The summed E-state index contributed by atoms with van der Waals surface area (Å²) in [5, 5.41) is 0.697. The van der Waals surface area contributed by atoms with E-state index in [1.54, 1.807) is 17.2 Å². The molecule has 0 bridgehead atoms. The van der Waals surface area contributed by atoms with E-state index in [-0.39, 0.29) is 17.4 Å². The van der Waals surface area contributed by atoms with Crippen molar-refractivity contribution in [3.8, 4) is 0 Å². The highest BCUT2D eigenvalue weighted by Gasteiger charge is 2.53. The Morgan fingerprint density at radius 2 is 1.81 bits per heavy atom. The van der Waals surface area contributed by atoms with Crippen LogP contribution in [0.15, 0.2) is 59.5 Å². The Bertz CT molecular complexity index is 1210. The summed E-state index contributed by atoms with van der Waals surface area (Å²) in [6.07, 6.45) is 4.63. The summed E-state index contributed by atoms with van der Waals surface area (Å²) in [5.41, 5.74) is 0.661. The van der Waals surface area contributed by atoms with E-state index in [0.717, 1.165) is 18.5 Å². The molecule has 7 nitrogen and oxygen atoms in total. The first kappa shape index (κ1) is 19.5. The predicted molar refractivity (Wildman–Crippen MR) is 116 cm³/mol. The molecule has 4 heterocycles. The second-order valence-electron chi connectivity index (χ2n) is 8.34. The van der Waals surface area contributed by atoms with Crippen LogP contribution in [0.1, 0.15) is 41.7 Å². The summed E-state index contributed by atoms with van der Waals surface area (Å²) >= 11 is 0. The number of H-pyrrole nitrogens is 1. The Labute approximate surface area is 179 Å². The van der Waals surface area contributed by atoms with Gasteiger partial charge < -0.3 is 14.8 Å². The molecule has 0 saturated carbocycles. The summed E-state index contributed by atoms with van der Waals surface area (Å²) in [6.45, 7) is 1.62. The Kier molecular flexibility index (Phi) is 4.81. The van der Waals surface area contributed by atoms with Crippen LogP contribution in [0.2, 0.25) is 0 Å². The number of carbonyl (C=O) groups excluding carboxylic acids is 2. The topological polar surface area (TPSA) is 86.4 Å². The molecule has 0 radical (unpaired) electrons. The number of carbonyl (C=O) groups is 2. The lowest BCUT2D eigenvalue weighted by Crippen LogP contribution is -2.61. The van der Waals surface area contributed by atoms with E-state index < -0.39 is 5.54 Å². The number of fused-ring (bicyclic) bond motifs is 1. The first-order valence-electron chi connectivity index (χ1n) is 10.7. The van der Waals surface area contributed by atoms with Gasteiger partial charge in [-0.15, -0.1) is 0 Å². The Balaban J connectivity index is 1.50. The molecule has 1 atom stereocenters. The van der Waals surface area contributed by atoms with Crippen molar-refractivity contribution in [2.45, 2.75) is 37.8 Å². The van der Waals surface area contributed by atoms with Gasteiger partial charge in [-0.25, -0.2) is 0 Å². The van der Waals surface area contributed by atoms with Gasteiger partial charge >= 0.3 is 0 Å². The van der Waals surface area contributed by atoms with Crippen LogP contribution in [0.3, 0.4) is 0 Å². The molecule has 5 rings (SSSR count). The zero-order valence-electron chi connectivity index (χ0n) is 17.2. The Hall–Kier alpha value is -3.48. The maximum atomic E-state index is 13.7. The van der Waals surface area contributed by atoms with E-state index in [0.29, 0.717) is 48.9 Å². The largest absolute Gasteiger partial charge is 0.335 e. The fourth-order valence-electron chi connectivity index (χ4n) is 5.09. The molecule has 158 valence electrons. The highest BCUT2D eigenvalue weighted by molar-refractivity contribution is 6.08. The molecule has 31 heavy (non-hydrogen) atoms. The summed E-state index contributed by atoms with van der Waals surface area (Å²) < 4.78 is 0. The van der Waals surface area contributed by atoms with Crippen LogP contribution in [0.5, 0.6) is 0 Å². The van der Waals surface area contributed by atoms with E-state index in [4.69, 9.17) is 0 Å². The molecule has 2 amide bonds. The monoisotopic (exact) mass is 416 g/mol. The lowest BCUT2D eigenvalue weighted by atomic mass is 9.84. The van der Waals surface area contributed by atoms with Gasteiger partial charge in [-0.2, -0.15) is 0 Å². The number of rotatable bonds is 3. The smallest absolute Gasteiger partial charge is 0.255 e. The van der Waals surface area contributed by atoms with Crippen LogP contribution in [0, 0.1) is 0 Å². The Morgan fingerprint density at radius 1 is 1.03 bits per heavy atom. The fraction of sp³-hybridized carbons (Fsp3) is 0.333. The maximum Gasteiger partial charge on any atom is 0.255 e. The van der Waals surface area contributed by atoms with Gasteiger partial charge in [0.2, 0.25) is 11.5 Å². The number of pyridine rings is 2. The van der Waals surface area contributed by atoms with Crippen LogP contribution in [-0.4, -0.2) is 50.2 Å². The molecule has 1 spiro atoms. The number of aromatic amines is 1. The van der Waals surface area contributed by atoms with Gasteiger partial charge in [0.15, 0.2) is 0 Å². The second kappa shape index (κ2) is 7.65. The standard InChI is InChI=1S/C24H24N4O3/c29-21-15-19(18-8-1-2-9-20(18)26-21)22(30)28-14-6-11-24(28)10-5-13-27(23(24)31)16-17-7-3-4-12-25-17/h1-4,7-9,12,15H,5-6,10-11,13-14,16H2,(H,26,29). The minimum atomic E-state index is -0.839. The van der Waals surface area contributed by atoms with Crippen molar-refractivity contribution >= 4 is 22.7 Å². The van der Waals surface area contributed by atoms with E-state index in [2.05, 4.69) is 9.97 Å². The molecule has 2 aliphatic rings. The average Bonchev–Trinajstić information content (AvgIpc) is 3.21. The van der Waals surface area contributed by atoms with E-state index in [9.17, 15) is 14.4 Å². The van der Waals surface area contributed by atoms with Gasteiger partial charge in [0, 0.05) is 36.3 Å². The van der Waals surface area contributed by atoms with Crippen molar-refractivity contribution in [2.75, 3.05) is 13.1 Å². The van der Waals surface area contributed by atoms with Gasteiger partial charge in [0.1, 0.15) is 5.54 Å². The van der Waals surface area contributed by atoms with Crippen LogP contribution in [0.4, 0.5) is 0 Å². The number of benzene rings is 1. The molecule has 1 aromatic carbocycles. The zero-order valence-corrected chi connectivity index (χ0v) is 17.2. The van der Waals surface area contributed by atoms with Gasteiger partial charge in [-0.1, -0.05) is 24.3 Å². The van der Waals surface area contributed by atoms with E-state index in [1.165, 1.54) is 6.07 Å². The minimum Gasteiger partial charge on any atom is -0.335 e. The third kappa shape index (κ3) is 3.30. The summed E-state index contributed by atoms with van der Waals surface area (Å²) in [5.74, 6) is -0.253. The summed E-state index contributed by atoms with van der Waals surface area (Å²) in [6, 6.07) is 14.3. The van der Waals surface area contributed by atoms with Crippen molar-refractivity contribution in [1.82, 2.24) is 19.8 Å². The molecule has 2 aromatic heterocycles.